The first-order chi connectivity index (χ1) is 10.8. The Morgan fingerprint density at radius 3 is 2.41 bits per heavy atom. The van der Waals surface area contributed by atoms with E-state index in [2.05, 4.69) is 24.8 Å². The van der Waals surface area contributed by atoms with E-state index in [0.29, 0.717) is 13.1 Å². The number of hydrogen-bond donors (Lipinski definition) is 0. The van der Waals surface area contributed by atoms with Crippen LogP contribution in [0.5, 0.6) is 0 Å². The van der Waals surface area contributed by atoms with Crippen LogP contribution in [0.3, 0.4) is 0 Å². The van der Waals surface area contributed by atoms with Crippen LogP contribution in [-0.2, 0) is 6.54 Å². The Labute approximate surface area is 131 Å². The van der Waals surface area contributed by atoms with Crippen molar-refractivity contribution in [3.05, 3.63) is 90.0 Å². The van der Waals surface area contributed by atoms with Crippen molar-refractivity contribution in [3.63, 3.8) is 0 Å². The minimum absolute atomic E-state index is 0.107. The number of benzene rings is 2. The number of fused-ring (bicyclic) bond motifs is 1. The van der Waals surface area contributed by atoms with Gasteiger partial charge in [-0.25, -0.2) is 0 Å². The molecule has 0 N–H and O–H groups in total. The van der Waals surface area contributed by atoms with E-state index in [1.165, 1.54) is 5.57 Å². The van der Waals surface area contributed by atoms with Gasteiger partial charge in [0.1, 0.15) is 0 Å². The van der Waals surface area contributed by atoms with Gasteiger partial charge in [0, 0.05) is 18.7 Å². The molecule has 0 unspecified atom stereocenters. The van der Waals surface area contributed by atoms with Crippen molar-refractivity contribution in [2.24, 2.45) is 0 Å². The zero-order chi connectivity index (χ0) is 15.4. The van der Waals surface area contributed by atoms with Crippen LogP contribution in [0, 0.1) is 0 Å². The van der Waals surface area contributed by atoms with E-state index in [-0.39, 0.29) is 5.91 Å². The lowest BCUT2D eigenvalue weighted by Crippen LogP contribution is -2.36. The van der Waals surface area contributed by atoms with E-state index in [1.54, 1.807) is 0 Å². The van der Waals surface area contributed by atoms with E-state index in [1.807, 2.05) is 53.4 Å². The summed E-state index contributed by atoms with van der Waals surface area (Å²) in [6.45, 7) is 5.07. The van der Waals surface area contributed by atoms with E-state index in [0.717, 1.165) is 23.1 Å². The number of carbonyl (C=O) groups excluding carboxylic acids is 1. The van der Waals surface area contributed by atoms with Gasteiger partial charge in [-0.2, -0.15) is 0 Å². The highest BCUT2D eigenvalue weighted by atomic mass is 16.2. The molecule has 0 spiro atoms. The van der Waals surface area contributed by atoms with Crippen LogP contribution in [0.4, 0.5) is 0 Å². The van der Waals surface area contributed by atoms with Crippen molar-refractivity contribution in [1.82, 2.24) is 4.90 Å². The van der Waals surface area contributed by atoms with Crippen molar-refractivity contribution >= 4 is 11.5 Å². The summed E-state index contributed by atoms with van der Waals surface area (Å²) in [6.07, 6.45) is 4.86. The topological polar surface area (TPSA) is 20.3 Å². The van der Waals surface area contributed by atoms with Gasteiger partial charge in [0.25, 0.3) is 5.91 Å². The van der Waals surface area contributed by atoms with Crippen molar-refractivity contribution < 1.29 is 4.79 Å². The van der Waals surface area contributed by atoms with Crippen LogP contribution in [0.1, 0.15) is 27.9 Å². The fourth-order valence-corrected chi connectivity index (χ4v) is 2.81. The third-order valence-electron chi connectivity index (χ3n) is 3.90. The fourth-order valence-electron chi connectivity index (χ4n) is 2.81. The Balaban J connectivity index is 1.94. The molecule has 0 aliphatic carbocycles. The highest BCUT2D eigenvalue weighted by Crippen LogP contribution is 2.28. The monoisotopic (exact) mass is 289 g/mol. The number of nitrogens with zero attached hydrogens (tertiary/aromatic N) is 1. The van der Waals surface area contributed by atoms with E-state index in [9.17, 15) is 4.79 Å². The van der Waals surface area contributed by atoms with Gasteiger partial charge in [-0.3, -0.25) is 4.79 Å². The first-order valence-electron chi connectivity index (χ1n) is 7.52. The predicted octanol–water partition coefficient (Wildman–Crippen LogP) is 4.30. The summed E-state index contributed by atoms with van der Waals surface area (Å²) in [5.41, 5.74) is 4.20. The lowest BCUT2D eigenvalue weighted by molar-refractivity contribution is 0.0757. The molecular formula is C20H19NO. The SMILES string of the molecule is C=CC/C=C1/CN(Cc2ccccc2)C(=O)c2ccccc21. The van der Waals surface area contributed by atoms with Crippen molar-refractivity contribution in [1.29, 1.82) is 0 Å². The standard InChI is InChI=1S/C20H19NO/c1-2-3-11-17-15-21(14-16-9-5-4-6-10-16)20(22)19-13-8-7-12-18(17)19/h2,4-13H,1,3,14-15H2/b17-11-. The summed E-state index contributed by atoms with van der Waals surface area (Å²) in [6, 6.07) is 18.0. The highest BCUT2D eigenvalue weighted by molar-refractivity contribution is 6.02. The van der Waals surface area contributed by atoms with Gasteiger partial charge >= 0.3 is 0 Å². The first-order valence-corrected chi connectivity index (χ1v) is 7.52. The summed E-state index contributed by atoms with van der Waals surface area (Å²) >= 11 is 0. The van der Waals surface area contributed by atoms with Crippen molar-refractivity contribution in [2.45, 2.75) is 13.0 Å². The molecule has 3 rings (SSSR count). The maximum atomic E-state index is 12.7. The molecule has 0 saturated carbocycles. The van der Waals surface area contributed by atoms with Gasteiger partial charge in [-0.15, -0.1) is 6.58 Å². The normalized spacial score (nSPS) is 15.7. The van der Waals surface area contributed by atoms with Gasteiger partial charge in [-0.1, -0.05) is 60.7 Å². The lowest BCUT2D eigenvalue weighted by atomic mass is 9.93. The zero-order valence-corrected chi connectivity index (χ0v) is 12.5. The summed E-state index contributed by atoms with van der Waals surface area (Å²) in [4.78, 5) is 14.6. The summed E-state index contributed by atoms with van der Waals surface area (Å²) < 4.78 is 0. The molecule has 2 aromatic carbocycles. The molecule has 22 heavy (non-hydrogen) atoms. The molecule has 2 heteroatoms. The molecule has 0 saturated heterocycles. The van der Waals surface area contributed by atoms with Gasteiger partial charge < -0.3 is 4.90 Å². The molecule has 0 atom stereocenters. The molecule has 0 radical (unpaired) electrons. The second-order valence-corrected chi connectivity index (χ2v) is 5.45. The third kappa shape index (κ3) is 2.86. The number of rotatable bonds is 4. The maximum Gasteiger partial charge on any atom is 0.255 e. The maximum absolute atomic E-state index is 12.7. The molecule has 0 bridgehead atoms. The van der Waals surface area contributed by atoms with Crippen molar-refractivity contribution in [3.8, 4) is 0 Å². The molecule has 2 nitrogen and oxygen atoms in total. The molecule has 2 aromatic rings. The molecule has 1 aliphatic rings. The average Bonchev–Trinajstić information content (AvgIpc) is 2.57. The minimum Gasteiger partial charge on any atom is -0.330 e. The molecular weight excluding hydrogens is 270 g/mol. The zero-order valence-electron chi connectivity index (χ0n) is 12.5. The average molecular weight is 289 g/mol. The van der Waals surface area contributed by atoms with E-state index < -0.39 is 0 Å². The highest BCUT2D eigenvalue weighted by Gasteiger charge is 2.26. The summed E-state index contributed by atoms with van der Waals surface area (Å²) in [5.74, 6) is 0.107. The van der Waals surface area contributed by atoms with Crippen LogP contribution < -0.4 is 0 Å². The Morgan fingerprint density at radius 1 is 1.00 bits per heavy atom. The fraction of sp³-hybridized carbons (Fsp3) is 0.150. The Hall–Kier alpha value is -2.61. The second kappa shape index (κ2) is 6.44. The number of carbonyl (C=O) groups is 1. The quantitative estimate of drug-likeness (QED) is 0.768. The number of hydrogen-bond acceptors (Lipinski definition) is 1. The Bertz CT molecular complexity index is 715. The van der Waals surface area contributed by atoms with Crippen LogP contribution in [0.25, 0.3) is 5.57 Å². The van der Waals surface area contributed by atoms with Gasteiger partial charge in [0.15, 0.2) is 0 Å². The largest absolute Gasteiger partial charge is 0.330 e. The van der Waals surface area contributed by atoms with Crippen molar-refractivity contribution in [2.75, 3.05) is 6.54 Å². The Morgan fingerprint density at radius 2 is 1.68 bits per heavy atom. The minimum atomic E-state index is 0.107. The van der Waals surface area contributed by atoms with Crippen LogP contribution in [0.15, 0.2) is 73.3 Å². The smallest absolute Gasteiger partial charge is 0.255 e. The summed E-state index contributed by atoms with van der Waals surface area (Å²) in [5, 5.41) is 0. The van der Waals surface area contributed by atoms with Crippen LogP contribution >= 0.6 is 0 Å². The van der Waals surface area contributed by atoms with Gasteiger partial charge in [0.05, 0.1) is 0 Å². The summed E-state index contributed by atoms with van der Waals surface area (Å²) in [7, 11) is 0. The third-order valence-corrected chi connectivity index (χ3v) is 3.90. The molecule has 1 aliphatic heterocycles. The molecule has 1 amide bonds. The van der Waals surface area contributed by atoms with Crippen LogP contribution in [-0.4, -0.2) is 17.4 Å². The Kier molecular flexibility index (Phi) is 4.19. The van der Waals surface area contributed by atoms with E-state index >= 15 is 0 Å². The predicted molar refractivity (Wildman–Crippen MR) is 90.4 cm³/mol. The van der Waals surface area contributed by atoms with E-state index in [4.69, 9.17) is 0 Å². The number of allylic oxidation sites excluding steroid dienone is 2. The van der Waals surface area contributed by atoms with Crippen LogP contribution in [0.2, 0.25) is 0 Å². The first kappa shape index (κ1) is 14.3. The van der Waals surface area contributed by atoms with Gasteiger partial charge in [0.2, 0.25) is 0 Å². The van der Waals surface area contributed by atoms with Gasteiger partial charge in [-0.05, 0) is 29.2 Å². The second-order valence-electron chi connectivity index (χ2n) is 5.45. The molecule has 0 fully saturated rings. The molecule has 1 heterocycles. The molecule has 110 valence electrons. The number of amides is 1. The lowest BCUT2D eigenvalue weighted by Gasteiger charge is -2.30. The molecule has 0 aromatic heterocycles.